The van der Waals surface area contributed by atoms with Gasteiger partial charge in [0.2, 0.25) is 0 Å². The zero-order chi connectivity index (χ0) is 14.8. The van der Waals surface area contributed by atoms with Gasteiger partial charge in [0.15, 0.2) is 5.69 Å². The second kappa shape index (κ2) is 5.10. The molecule has 0 bridgehead atoms. The van der Waals surface area contributed by atoms with Crippen LogP contribution in [-0.4, -0.2) is 20.9 Å². The van der Waals surface area contributed by atoms with E-state index in [1.807, 2.05) is 18.2 Å². The lowest BCUT2D eigenvalue weighted by molar-refractivity contribution is 0.0691. The second-order valence-corrected chi connectivity index (χ2v) is 4.64. The Morgan fingerprint density at radius 1 is 1.24 bits per heavy atom. The van der Waals surface area contributed by atoms with Crippen molar-refractivity contribution in [1.29, 1.82) is 5.26 Å². The third kappa shape index (κ3) is 2.35. The van der Waals surface area contributed by atoms with Gasteiger partial charge in [-0.05, 0) is 23.8 Å². The Hall–Kier alpha value is -3.13. The molecule has 0 unspecified atom stereocenters. The largest absolute Gasteiger partial charge is 0.476 e. The van der Waals surface area contributed by atoms with E-state index in [1.54, 1.807) is 35.0 Å². The number of hydrogen-bond donors (Lipinski definition) is 1. The highest BCUT2D eigenvalue weighted by molar-refractivity contribution is 6.01. The predicted octanol–water partition coefficient (Wildman–Crippen LogP) is 2.65. The zero-order valence-electron chi connectivity index (χ0n) is 11.0. The number of para-hydroxylation sites is 1. The minimum atomic E-state index is -1.05. The molecular weight excluding hydrogens is 266 g/mol. The van der Waals surface area contributed by atoms with Crippen molar-refractivity contribution in [1.82, 2.24) is 9.78 Å². The number of nitrogens with zero attached hydrogens (tertiary/aromatic N) is 3. The molecule has 3 rings (SSSR count). The highest BCUT2D eigenvalue weighted by Crippen LogP contribution is 2.19. The molecule has 2 aromatic carbocycles. The molecule has 1 N–H and O–H groups in total. The van der Waals surface area contributed by atoms with Gasteiger partial charge in [0.1, 0.15) is 0 Å². The van der Waals surface area contributed by atoms with Crippen molar-refractivity contribution >= 4 is 16.9 Å². The van der Waals surface area contributed by atoms with Crippen LogP contribution < -0.4 is 0 Å². The number of carbonyl (C=O) groups is 1. The van der Waals surface area contributed by atoms with Crippen LogP contribution in [0.4, 0.5) is 0 Å². The van der Waals surface area contributed by atoms with Gasteiger partial charge >= 0.3 is 5.97 Å². The fraction of sp³-hybridized carbons (Fsp3) is 0.0625. The molecule has 0 saturated carbocycles. The van der Waals surface area contributed by atoms with E-state index in [9.17, 15) is 9.90 Å². The minimum Gasteiger partial charge on any atom is -0.476 e. The Kier molecular flexibility index (Phi) is 3.13. The van der Waals surface area contributed by atoms with E-state index >= 15 is 0 Å². The van der Waals surface area contributed by atoms with Gasteiger partial charge in [0, 0.05) is 5.39 Å². The van der Waals surface area contributed by atoms with Crippen LogP contribution in [0.15, 0.2) is 48.5 Å². The molecular formula is C16H11N3O2. The van der Waals surface area contributed by atoms with Crippen molar-refractivity contribution in [3.05, 3.63) is 65.4 Å². The molecule has 0 aliphatic rings. The summed E-state index contributed by atoms with van der Waals surface area (Å²) in [7, 11) is 0. The van der Waals surface area contributed by atoms with Gasteiger partial charge in [-0.25, -0.2) is 4.79 Å². The molecule has 21 heavy (non-hydrogen) atoms. The molecule has 5 heteroatoms. The highest BCUT2D eigenvalue weighted by atomic mass is 16.4. The topological polar surface area (TPSA) is 78.9 Å². The Morgan fingerprint density at radius 2 is 2.05 bits per heavy atom. The van der Waals surface area contributed by atoms with E-state index < -0.39 is 5.97 Å². The lowest BCUT2D eigenvalue weighted by Crippen LogP contribution is -2.04. The first-order valence-corrected chi connectivity index (χ1v) is 6.37. The van der Waals surface area contributed by atoms with Crippen molar-refractivity contribution in [3.8, 4) is 6.07 Å². The Balaban J connectivity index is 2.08. The van der Waals surface area contributed by atoms with Gasteiger partial charge in [-0.15, -0.1) is 0 Å². The van der Waals surface area contributed by atoms with E-state index in [1.165, 1.54) is 0 Å². The lowest BCUT2D eigenvalue weighted by Gasteiger charge is -2.04. The van der Waals surface area contributed by atoms with Crippen molar-refractivity contribution < 1.29 is 9.90 Å². The number of carboxylic acid groups (broad SMARTS) is 1. The molecule has 102 valence electrons. The molecule has 0 spiro atoms. The summed E-state index contributed by atoms with van der Waals surface area (Å²) in [5.74, 6) is -1.05. The average Bonchev–Trinajstić information content (AvgIpc) is 2.87. The second-order valence-electron chi connectivity index (χ2n) is 4.64. The van der Waals surface area contributed by atoms with Gasteiger partial charge in [-0.3, -0.25) is 4.68 Å². The molecule has 5 nitrogen and oxygen atoms in total. The van der Waals surface area contributed by atoms with E-state index in [0.29, 0.717) is 17.5 Å². The fourth-order valence-electron chi connectivity index (χ4n) is 2.32. The van der Waals surface area contributed by atoms with E-state index in [4.69, 9.17) is 5.26 Å². The molecule has 3 aromatic rings. The van der Waals surface area contributed by atoms with Crippen LogP contribution >= 0.6 is 0 Å². The highest BCUT2D eigenvalue weighted by Gasteiger charge is 2.15. The van der Waals surface area contributed by atoms with Crippen molar-refractivity contribution in [2.45, 2.75) is 6.54 Å². The van der Waals surface area contributed by atoms with Crippen LogP contribution in [0.5, 0.6) is 0 Å². The summed E-state index contributed by atoms with van der Waals surface area (Å²) in [6, 6.07) is 16.5. The molecule has 0 radical (unpaired) electrons. The number of hydrogen-bond acceptors (Lipinski definition) is 3. The first kappa shape index (κ1) is 12.9. The number of rotatable bonds is 3. The Labute approximate surface area is 120 Å². The van der Waals surface area contributed by atoms with Gasteiger partial charge < -0.3 is 5.11 Å². The van der Waals surface area contributed by atoms with Crippen LogP contribution in [0.3, 0.4) is 0 Å². The summed E-state index contributed by atoms with van der Waals surface area (Å²) >= 11 is 0. The summed E-state index contributed by atoms with van der Waals surface area (Å²) in [6.07, 6.45) is 0. The maximum Gasteiger partial charge on any atom is 0.357 e. The molecule has 0 atom stereocenters. The maximum absolute atomic E-state index is 11.3. The Bertz CT molecular complexity index is 875. The van der Waals surface area contributed by atoms with Crippen molar-refractivity contribution in [3.63, 3.8) is 0 Å². The van der Waals surface area contributed by atoms with Crippen LogP contribution in [0.25, 0.3) is 10.9 Å². The standard InChI is InChI=1S/C16H11N3O2/c17-9-11-4-3-5-12(8-11)10-19-14-7-2-1-6-13(14)15(18-19)16(20)21/h1-8H,10H2,(H,20,21). The predicted molar refractivity (Wildman–Crippen MR) is 77.0 cm³/mol. The van der Waals surface area contributed by atoms with Crippen LogP contribution in [0, 0.1) is 11.3 Å². The van der Waals surface area contributed by atoms with E-state index in [2.05, 4.69) is 11.2 Å². The molecule has 0 aliphatic heterocycles. The summed E-state index contributed by atoms with van der Waals surface area (Å²) in [4.78, 5) is 11.3. The quantitative estimate of drug-likeness (QED) is 0.798. The molecule has 0 saturated heterocycles. The van der Waals surface area contributed by atoms with E-state index in [-0.39, 0.29) is 5.69 Å². The summed E-state index contributed by atoms with van der Waals surface area (Å²) in [5.41, 5.74) is 2.28. The smallest absolute Gasteiger partial charge is 0.357 e. The third-order valence-corrected chi connectivity index (χ3v) is 3.25. The number of carboxylic acids is 1. The number of fused-ring (bicyclic) bond motifs is 1. The molecule has 0 amide bonds. The normalized spacial score (nSPS) is 10.4. The van der Waals surface area contributed by atoms with Gasteiger partial charge in [0.05, 0.1) is 23.7 Å². The first-order valence-electron chi connectivity index (χ1n) is 6.37. The van der Waals surface area contributed by atoms with Gasteiger partial charge in [-0.2, -0.15) is 10.4 Å². The fourth-order valence-corrected chi connectivity index (χ4v) is 2.32. The SMILES string of the molecule is N#Cc1cccc(Cn2nc(C(=O)O)c3ccccc32)c1. The zero-order valence-corrected chi connectivity index (χ0v) is 11.0. The molecule has 0 fully saturated rings. The number of nitriles is 1. The van der Waals surface area contributed by atoms with Crippen LogP contribution in [-0.2, 0) is 6.54 Å². The average molecular weight is 277 g/mol. The Morgan fingerprint density at radius 3 is 2.81 bits per heavy atom. The minimum absolute atomic E-state index is 0.0436. The van der Waals surface area contributed by atoms with Crippen LogP contribution in [0.2, 0.25) is 0 Å². The van der Waals surface area contributed by atoms with Crippen LogP contribution in [0.1, 0.15) is 21.6 Å². The molecule has 1 heterocycles. The maximum atomic E-state index is 11.3. The number of aromatic carboxylic acids is 1. The summed E-state index contributed by atoms with van der Waals surface area (Å²) < 4.78 is 1.65. The molecule has 0 aliphatic carbocycles. The van der Waals surface area contributed by atoms with Crippen molar-refractivity contribution in [2.24, 2.45) is 0 Å². The van der Waals surface area contributed by atoms with Gasteiger partial charge in [-0.1, -0.05) is 30.3 Å². The summed E-state index contributed by atoms with van der Waals surface area (Å²) in [6.45, 7) is 0.420. The number of benzene rings is 2. The molecule has 1 aromatic heterocycles. The van der Waals surface area contributed by atoms with E-state index in [0.717, 1.165) is 11.1 Å². The van der Waals surface area contributed by atoms with Gasteiger partial charge in [0.25, 0.3) is 0 Å². The number of aromatic nitrogens is 2. The summed E-state index contributed by atoms with van der Waals surface area (Å²) in [5, 5.41) is 22.9. The lowest BCUT2D eigenvalue weighted by atomic mass is 10.1. The van der Waals surface area contributed by atoms with Crippen molar-refractivity contribution in [2.75, 3.05) is 0 Å². The third-order valence-electron chi connectivity index (χ3n) is 3.25. The first-order chi connectivity index (χ1) is 10.2. The monoisotopic (exact) mass is 277 g/mol.